The van der Waals surface area contributed by atoms with Crippen LogP contribution in [-0.2, 0) is 16.4 Å². The molecule has 1 heterocycles. The van der Waals surface area contributed by atoms with Crippen molar-refractivity contribution >= 4 is 15.9 Å². The van der Waals surface area contributed by atoms with Crippen molar-refractivity contribution in [2.24, 2.45) is 4.99 Å². The molecule has 5 heteroatoms. The maximum absolute atomic E-state index is 13.5. The molecular formula is C24H24N2O2S. The van der Waals surface area contributed by atoms with Gasteiger partial charge in [0.2, 0.25) is 0 Å². The van der Waals surface area contributed by atoms with E-state index in [1.807, 2.05) is 80.6 Å². The number of benzene rings is 3. The number of sulfonamides is 1. The maximum Gasteiger partial charge on any atom is 0.265 e. The van der Waals surface area contributed by atoms with Crippen LogP contribution in [0.15, 0.2) is 88.8 Å². The number of hydrogen-bond donors (Lipinski definition) is 0. The van der Waals surface area contributed by atoms with E-state index in [2.05, 4.69) is 0 Å². The quantitative estimate of drug-likeness (QED) is 0.619. The van der Waals surface area contributed by atoms with Crippen molar-refractivity contribution in [1.29, 1.82) is 0 Å². The van der Waals surface area contributed by atoms with Crippen molar-refractivity contribution in [2.45, 2.75) is 31.2 Å². The fourth-order valence-electron chi connectivity index (χ4n) is 3.59. The van der Waals surface area contributed by atoms with Crippen LogP contribution in [0.2, 0.25) is 0 Å². The number of aryl methyl sites for hydroxylation is 2. The number of rotatable bonds is 5. The summed E-state index contributed by atoms with van der Waals surface area (Å²) >= 11 is 0. The Morgan fingerprint density at radius 1 is 0.897 bits per heavy atom. The molecule has 0 saturated heterocycles. The van der Waals surface area contributed by atoms with Gasteiger partial charge in [-0.15, -0.1) is 0 Å². The second-order valence-electron chi connectivity index (χ2n) is 7.42. The molecule has 1 atom stereocenters. The Labute approximate surface area is 172 Å². The molecule has 1 aliphatic rings. The van der Waals surface area contributed by atoms with Gasteiger partial charge in [-0.05, 0) is 42.7 Å². The molecule has 0 spiro atoms. The molecular weight excluding hydrogens is 380 g/mol. The van der Waals surface area contributed by atoms with Crippen molar-refractivity contribution < 1.29 is 8.42 Å². The van der Waals surface area contributed by atoms with Crippen LogP contribution >= 0.6 is 0 Å². The predicted octanol–water partition coefficient (Wildman–Crippen LogP) is 4.69. The Balaban J connectivity index is 1.73. The zero-order chi connectivity index (χ0) is 20.4. The Kier molecular flexibility index (Phi) is 5.24. The molecule has 0 aromatic heterocycles. The van der Waals surface area contributed by atoms with Gasteiger partial charge >= 0.3 is 0 Å². The van der Waals surface area contributed by atoms with Gasteiger partial charge in [0.25, 0.3) is 10.0 Å². The first-order chi connectivity index (χ1) is 13.9. The summed E-state index contributed by atoms with van der Waals surface area (Å²) < 4.78 is 28.4. The van der Waals surface area contributed by atoms with E-state index in [1.165, 1.54) is 4.31 Å². The third kappa shape index (κ3) is 3.96. The molecule has 4 rings (SSSR count). The summed E-state index contributed by atoms with van der Waals surface area (Å²) in [7, 11) is -3.68. The summed E-state index contributed by atoms with van der Waals surface area (Å²) in [4.78, 5) is 5.15. The standard InChI is InChI=1S/C24H24N2O2S/c1-18-12-14-22(15-13-18)29(27,28)26-17-23(20-9-4-3-5-10-20)25-24(26)16-21-11-7-6-8-19(21)2/h3-15,23H,16-17H2,1-2H3. The first kappa shape index (κ1) is 19.4. The van der Waals surface area contributed by atoms with Gasteiger partial charge in [-0.3, -0.25) is 9.30 Å². The molecule has 3 aromatic carbocycles. The highest BCUT2D eigenvalue weighted by Gasteiger charge is 2.35. The van der Waals surface area contributed by atoms with E-state index in [0.717, 1.165) is 22.3 Å². The molecule has 0 N–H and O–H groups in total. The van der Waals surface area contributed by atoms with Crippen LogP contribution in [0.25, 0.3) is 0 Å². The van der Waals surface area contributed by atoms with Crippen molar-refractivity contribution in [2.75, 3.05) is 6.54 Å². The van der Waals surface area contributed by atoms with Gasteiger partial charge in [0.1, 0.15) is 5.84 Å². The summed E-state index contributed by atoms with van der Waals surface area (Å²) in [5, 5.41) is 0. The Bertz CT molecular complexity index is 1140. The van der Waals surface area contributed by atoms with E-state index in [-0.39, 0.29) is 6.04 Å². The molecule has 0 amide bonds. The largest absolute Gasteiger partial charge is 0.265 e. The zero-order valence-corrected chi connectivity index (χ0v) is 17.4. The van der Waals surface area contributed by atoms with Gasteiger partial charge in [0.15, 0.2) is 0 Å². The van der Waals surface area contributed by atoms with Crippen LogP contribution in [0.3, 0.4) is 0 Å². The fraction of sp³-hybridized carbons (Fsp3) is 0.208. The summed E-state index contributed by atoms with van der Waals surface area (Å²) in [6.07, 6.45) is 0.487. The summed E-state index contributed by atoms with van der Waals surface area (Å²) in [6.45, 7) is 4.31. The van der Waals surface area contributed by atoms with Gasteiger partial charge < -0.3 is 0 Å². The second kappa shape index (κ2) is 7.84. The topological polar surface area (TPSA) is 49.7 Å². The summed E-state index contributed by atoms with van der Waals surface area (Å²) in [5.41, 5.74) is 4.27. The van der Waals surface area contributed by atoms with Crippen LogP contribution < -0.4 is 0 Å². The molecule has 0 bridgehead atoms. The van der Waals surface area contributed by atoms with Gasteiger partial charge in [-0.1, -0.05) is 72.3 Å². The first-order valence-corrected chi connectivity index (χ1v) is 11.1. The molecule has 148 valence electrons. The molecule has 29 heavy (non-hydrogen) atoms. The van der Waals surface area contributed by atoms with Crippen LogP contribution in [-0.4, -0.2) is 25.1 Å². The van der Waals surface area contributed by atoms with Crippen molar-refractivity contribution in [1.82, 2.24) is 4.31 Å². The Morgan fingerprint density at radius 2 is 1.55 bits per heavy atom. The van der Waals surface area contributed by atoms with Gasteiger partial charge in [-0.25, -0.2) is 8.42 Å². The minimum absolute atomic E-state index is 0.199. The molecule has 3 aromatic rings. The highest BCUT2D eigenvalue weighted by atomic mass is 32.2. The first-order valence-electron chi connectivity index (χ1n) is 9.71. The lowest BCUT2D eigenvalue weighted by Crippen LogP contribution is -2.35. The third-order valence-corrected chi connectivity index (χ3v) is 7.14. The maximum atomic E-state index is 13.5. The average molecular weight is 405 g/mol. The van der Waals surface area contributed by atoms with E-state index in [1.54, 1.807) is 12.1 Å². The van der Waals surface area contributed by atoms with Gasteiger partial charge in [-0.2, -0.15) is 0 Å². The average Bonchev–Trinajstić information content (AvgIpc) is 3.15. The van der Waals surface area contributed by atoms with Crippen LogP contribution in [0.5, 0.6) is 0 Å². The highest BCUT2D eigenvalue weighted by Crippen LogP contribution is 2.31. The monoisotopic (exact) mass is 404 g/mol. The zero-order valence-electron chi connectivity index (χ0n) is 16.6. The minimum atomic E-state index is -3.68. The Morgan fingerprint density at radius 3 is 2.24 bits per heavy atom. The lowest BCUT2D eigenvalue weighted by atomic mass is 10.1. The lowest BCUT2D eigenvalue weighted by molar-refractivity contribution is 0.518. The van der Waals surface area contributed by atoms with Gasteiger partial charge in [0.05, 0.1) is 17.5 Å². The predicted molar refractivity (Wildman–Crippen MR) is 117 cm³/mol. The van der Waals surface area contributed by atoms with Crippen molar-refractivity contribution in [3.63, 3.8) is 0 Å². The third-order valence-electron chi connectivity index (χ3n) is 5.33. The molecule has 0 fully saturated rings. The molecule has 0 saturated carbocycles. The van der Waals surface area contributed by atoms with E-state index < -0.39 is 10.0 Å². The van der Waals surface area contributed by atoms with Crippen molar-refractivity contribution in [3.8, 4) is 0 Å². The van der Waals surface area contributed by atoms with E-state index in [9.17, 15) is 8.42 Å². The minimum Gasteiger partial charge on any atom is -0.261 e. The number of nitrogens with zero attached hydrogens (tertiary/aromatic N) is 2. The van der Waals surface area contributed by atoms with Crippen LogP contribution in [0.4, 0.5) is 0 Å². The number of aliphatic imine (C=N–C) groups is 1. The van der Waals surface area contributed by atoms with Crippen molar-refractivity contribution in [3.05, 3.63) is 101 Å². The molecule has 0 aliphatic carbocycles. The molecule has 1 unspecified atom stereocenters. The molecule has 1 aliphatic heterocycles. The van der Waals surface area contributed by atoms with E-state index >= 15 is 0 Å². The highest BCUT2D eigenvalue weighted by molar-refractivity contribution is 7.89. The van der Waals surface area contributed by atoms with Crippen LogP contribution in [0, 0.1) is 13.8 Å². The number of hydrogen-bond acceptors (Lipinski definition) is 3. The number of amidine groups is 1. The normalized spacial score (nSPS) is 16.7. The summed E-state index contributed by atoms with van der Waals surface area (Å²) in [5.74, 6) is 0.591. The van der Waals surface area contributed by atoms with Gasteiger partial charge in [0, 0.05) is 6.42 Å². The second-order valence-corrected chi connectivity index (χ2v) is 9.29. The smallest absolute Gasteiger partial charge is 0.261 e. The molecule has 0 radical (unpaired) electrons. The fourth-order valence-corrected chi connectivity index (χ4v) is 5.05. The molecule has 4 nitrogen and oxygen atoms in total. The SMILES string of the molecule is Cc1ccc(S(=O)(=O)N2CC(c3ccccc3)N=C2Cc2ccccc2C)cc1. The van der Waals surface area contributed by atoms with Crippen LogP contribution in [0.1, 0.15) is 28.3 Å². The summed E-state index contributed by atoms with van der Waals surface area (Å²) in [6, 6.07) is 24.7. The Hall–Kier alpha value is -2.92. The lowest BCUT2D eigenvalue weighted by Gasteiger charge is -2.22. The van der Waals surface area contributed by atoms with E-state index in [0.29, 0.717) is 23.7 Å². The van der Waals surface area contributed by atoms with E-state index in [4.69, 9.17) is 4.99 Å².